The summed E-state index contributed by atoms with van der Waals surface area (Å²) in [5.74, 6) is -0.465. The second kappa shape index (κ2) is 7.31. The zero-order chi connectivity index (χ0) is 19.7. The van der Waals surface area contributed by atoms with Gasteiger partial charge in [0.05, 0.1) is 7.11 Å². The van der Waals surface area contributed by atoms with Crippen LogP contribution in [0.15, 0.2) is 60.7 Å². The van der Waals surface area contributed by atoms with Crippen LogP contribution < -0.4 is 9.64 Å². The maximum atomic E-state index is 12.4. The normalized spacial score (nSPS) is 18.4. The Hall–Kier alpha value is -3.41. The maximum absolute atomic E-state index is 12.4. The van der Waals surface area contributed by atoms with Gasteiger partial charge in [-0.25, -0.2) is 9.78 Å². The first-order valence-electron chi connectivity index (χ1n) is 9.10. The SMILES string of the molecule is COc1cc(C)nc(N2Cc3ccccc3C(c3ccccc3)C2C(=O)O)n1. The van der Waals surface area contributed by atoms with Gasteiger partial charge in [-0.1, -0.05) is 54.6 Å². The Morgan fingerprint density at radius 1 is 1.11 bits per heavy atom. The average molecular weight is 375 g/mol. The van der Waals surface area contributed by atoms with Gasteiger partial charge in [0.15, 0.2) is 0 Å². The summed E-state index contributed by atoms with van der Waals surface area (Å²) in [6, 6.07) is 18.6. The molecule has 0 fully saturated rings. The number of carboxylic acid groups (broad SMARTS) is 1. The molecular weight excluding hydrogens is 354 g/mol. The van der Waals surface area contributed by atoms with Crippen LogP contribution in [0.2, 0.25) is 0 Å². The van der Waals surface area contributed by atoms with Crippen molar-refractivity contribution in [2.75, 3.05) is 12.0 Å². The first-order chi connectivity index (χ1) is 13.6. The fourth-order valence-electron chi connectivity index (χ4n) is 3.86. The van der Waals surface area contributed by atoms with E-state index in [1.54, 1.807) is 18.1 Å². The fraction of sp³-hybridized carbons (Fsp3) is 0.227. The highest BCUT2D eigenvalue weighted by Gasteiger charge is 2.42. The van der Waals surface area contributed by atoms with Gasteiger partial charge < -0.3 is 14.7 Å². The van der Waals surface area contributed by atoms with Gasteiger partial charge in [0.1, 0.15) is 6.04 Å². The Balaban J connectivity index is 1.91. The predicted octanol–water partition coefficient (Wildman–Crippen LogP) is 3.40. The number of rotatable bonds is 4. The Labute approximate surface area is 163 Å². The van der Waals surface area contributed by atoms with Crippen LogP contribution in [-0.4, -0.2) is 34.2 Å². The van der Waals surface area contributed by atoms with Crippen LogP contribution in [0.5, 0.6) is 5.88 Å². The summed E-state index contributed by atoms with van der Waals surface area (Å²) < 4.78 is 5.28. The summed E-state index contributed by atoms with van der Waals surface area (Å²) in [5, 5.41) is 10.2. The fourth-order valence-corrected chi connectivity index (χ4v) is 3.86. The maximum Gasteiger partial charge on any atom is 0.327 e. The Morgan fingerprint density at radius 2 is 1.82 bits per heavy atom. The van der Waals surface area contributed by atoms with Gasteiger partial charge in [0, 0.05) is 24.2 Å². The number of hydrogen-bond acceptors (Lipinski definition) is 5. The Bertz CT molecular complexity index is 1010. The standard InChI is InChI=1S/C22H21N3O3/c1-14-12-18(28-2)24-22(23-14)25-13-16-10-6-7-11-17(16)19(20(25)21(26)27)15-8-4-3-5-9-15/h3-12,19-20H,13H2,1-2H3,(H,26,27). The molecule has 0 spiro atoms. The Morgan fingerprint density at radius 3 is 2.54 bits per heavy atom. The number of hydrogen-bond donors (Lipinski definition) is 1. The lowest BCUT2D eigenvalue weighted by atomic mass is 9.79. The molecule has 0 aliphatic carbocycles. The number of anilines is 1. The summed E-state index contributed by atoms with van der Waals surface area (Å²) >= 11 is 0. The van der Waals surface area contributed by atoms with E-state index in [1.807, 2.05) is 61.5 Å². The van der Waals surface area contributed by atoms with Crippen molar-refractivity contribution in [3.8, 4) is 5.88 Å². The minimum atomic E-state index is -0.910. The minimum absolute atomic E-state index is 0.334. The van der Waals surface area contributed by atoms with Gasteiger partial charge in [-0.15, -0.1) is 0 Å². The summed E-state index contributed by atoms with van der Waals surface area (Å²) in [4.78, 5) is 23.2. The highest BCUT2D eigenvalue weighted by atomic mass is 16.5. The molecule has 6 nitrogen and oxygen atoms in total. The van der Waals surface area contributed by atoms with E-state index in [2.05, 4.69) is 9.97 Å². The van der Waals surface area contributed by atoms with E-state index in [4.69, 9.17) is 4.74 Å². The van der Waals surface area contributed by atoms with Crippen LogP contribution in [0, 0.1) is 6.92 Å². The van der Waals surface area contributed by atoms with Gasteiger partial charge in [-0.05, 0) is 23.6 Å². The van der Waals surface area contributed by atoms with Crippen molar-refractivity contribution >= 4 is 11.9 Å². The molecule has 1 aliphatic heterocycles. The largest absolute Gasteiger partial charge is 0.481 e. The molecule has 2 unspecified atom stereocenters. The van der Waals surface area contributed by atoms with E-state index in [0.717, 1.165) is 22.4 Å². The third-order valence-electron chi connectivity index (χ3n) is 5.08. The zero-order valence-corrected chi connectivity index (χ0v) is 15.7. The number of aromatic nitrogens is 2. The number of methoxy groups -OCH3 is 1. The molecule has 3 aromatic rings. The molecule has 142 valence electrons. The number of carboxylic acids is 1. The number of ether oxygens (including phenoxy) is 1. The van der Waals surface area contributed by atoms with Crippen molar-refractivity contribution < 1.29 is 14.6 Å². The van der Waals surface area contributed by atoms with Crippen molar-refractivity contribution in [1.82, 2.24) is 9.97 Å². The molecule has 0 bridgehead atoms. The van der Waals surface area contributed by atoms with Crippen LogP contribution in [0.25, 0.3) is 0 Å². The summed E-state index contributed by atoms with van der Waals surface area (Å²) in [5.41, 5.74) is 3.77. The van der Waals surface area contributed by atoms with E-state index >= 15 is 0 Å². The topological polar surface area (TPSA) is 75.5 Å². The van der Waals surface area contributed by atoms with Gasteiger partial charge in [0.25, 0.3) is 0 Å². The highest BCUT2D eigenvalue weighted by molar-refractivity contribution is 5.81. The lowest BCUT2D eigenvalue weighted by Gasteiger charge is -2.40. The number of aryl methyl sites for hydroxylation is 1. The van der Waals surface area contributed by atoms with Crippen LogP contribution in [-0.2, 0) is 11.3 Å². The van der Waals surface area contributed by atoms with E-state index in [9.17, 15) is 9.90 Å². The minimum Gasteiger partial charge on any atom is -0.481 e. The predicted molar refractivity (Wildman–Crippen MR) is 106 cm³/mol. The monoisotopic (exact) mass is 375 g/mol. The van der Waals surface area contributed by atoms with Crippen molar-refractivity contribution in [1.29, 1.82) is 0 Å². The molecule has 2 heterocycles. The van der Waals surface area contributed by atoms with Crippen molar-refractivity contribution in [2.45, 2.75) is 25.4 Å². The molecule has 28 heavy (non-hydrogen) atoms. The summed E-state index contributed by atoms with van der Waals surface area (Å²) in [7, 11) is 1.54. The van der Waals surface area contributed by atoms with Gasteiger partial charge in [-0.2, -0.15) is 4.98 Å². The lowest BCUT2D eigenvalue weighted by molar-refractivity contribution is -0.139. The third-order valence-corrected chi connectivity index (χ3v) is 5.08. The smallest absolute Gasteiger partial charge is 0.327 e. The molecule has 1 aliphatic rings. The van der Waals surface area contributed by atoms with Crippen LogP contribution in [0.1, 0.15) is 28.3 Å². The molecule has 1 aromatic heterocycles. The molecule has 0 radical (unpaired) electrons. The van der Waals surface area contributed by atoms with Crippen molar-refractivity contribution in [3.63, 3.8) is 0 Å². The van der Waals surface area contributed by atoms with Crippen molar-refractivity contribution in [2.24, 2.45) is 0 Å². The van der Waals surface area contributed by atoms with Crippen LogP contribution in [0.3, 0.4) is 0 Å². The van der Waals surface area contributed by atoms with Crippen LogP contribution in [0.4, 0.5) is 5.95 Å². The van der Waals surface area contributed by atoms with E-state index in [0.29, 0.717) is 18.4 Å². The first kappa shape index (κ1) is 18.0. The average Bonchev–Trinajstić information content (AvgIpc) is 2.72. The van der Waals surface area contributed by atoms with E-state index in [-0.39, 0.29) is 5.92 Å². The van der Waals surface area contributed by atoms with Crippen molar-refractivity contribution in [3.05, 3.63) is 83.0 Å². The highest BCUT2D eigenvalue weighted by Crippen LogP contribution is 2.39. The van der Waals surface area contributed by atoms with Gasteiger partial charge in [0.2, 0.25) is 11.8 Å². The van der Waals surface area contributed by atoms with E-state index < -0.39 is 12.0 Å². The van der Waals surface area contributed by atoms with Gasteiger partial charge >= 0.3 is 5.97 Å². The molecular formula is C22H21N3O3. The number of carbonyl (C=O) groups is 1. The molecule has 0 saturated heterocycles. The number of fused-ring (bicyclic) bond motifs is 1. The van der Waals surface area contributed by atoms with E-state index in [1.165, 1.54) is 0 Å². The zero-order valence-electron chi connectivity index (χ0n) is 15.7. The molecule has 0 amide bonds. The van der Waals surface area contributed by atoms with Crippen LogP contribution >= 0.6 is 0 Å². The second-order valence-corrected chi connectivity index (χ2v) is 6.85. The molecule has 1 N–H and O–H groups in total. The quantitative estimate of drug-likeness (QED) is 0.753. The molecule has 2 aromatic carbocycles. The summed E-state index contributed by atoms with van der Waals surface area (Å²) in [6.07, 6.45) is 0. The number of aliphatic carboxylic acids is 1. The molecule has 2 atom stereocenters. The first-order valence-corrected chi connectivity index (χ1v) is 9.10. The Kier molecular flexibility index (Phi) is 4.69. The summed E-state index contributed by atoms with van der Waals surface area (Å²) in [6.45, 7) is 2.26. The third kappa shape index (κ3) is 3.17. The second-order valence-electron chi connectivity index (χ2n) is 6.85. The number of nitrogens with zero attached hydrogens (tertiary/aromatic N) is 3. The number of benzene rings is 2. The van der Waals surface area contributed by atoms with Gasteiger partial charge in [-0.3, -0.25) is 0 Å². The molecule has 6 heteroatoms. The lowest BCUT2D eigenvalue weighted by Crippen LogP contribution is -2.49. The molecule has 4 rings (SSSR count). The molecule has 0 saturated carbocycles.